The van der Waals surface area contributed by atoms with E-state index in [1.165, 1.54) is 11.3 Å². The fourth-order valence-electron chi connectivity index (χ4n) is 2.58. The Labute approximate surface area is 143 Å². The lowest BCUT2D eigenvalue weighted by Gasteiger charge is -2.17. The number of nitrogens with one attached hydrogen (secondary N) is 1. The van der Waals surface area contributed by atoms with Crippen LogP contribution in [0.25, 0.3) is 0 Å². The molecule has 1 saturated heterocycles. The number of hydrogen-bond donors (Lipinski definition) is 1. The van der Waals surface area contributed by atoms with E-state index in [4.69, 9.17) is 4.74 Å². The number of nitrogens with zero attached hydrogens (tertiary/aromatic N) is 3. The number of rotatable bonds is 7. The van der Waals surface area contributed by atoms with Crippen LogP contribution in [0.1, 0.15) is 36.4 Å². The van der Waals surface area contributed by atoms with Crippen LogP contribution < -0.4 is 5.32 Å². The first-order chi connectivity index (χ1) is 11.3. The first-order valence-corrected chi connectivity index (χ1v) is 9.86. The standard InChI is InChI=1S/C15H20N4O2S2/c1-22-10-6-11(19-7-2-3-8-19)13(20)16-15-18-17-14(23-15)12-5-4-9-21-12/h2-3,7-8,11-12H,4-6,9-10H2,1H3,(H,16,18,20)/t11-,12?/m1/s1. The lowest BCUT2D eigenvalue weighted by atomic mass is 10.2. The Morgan fingerprint density at radius 2 is 2.35 bits per heavy atom. The maximum absolute atomic E-state index is 12.6. The van der Waals surface area contributed by atoms with Gasteiger partial charge in [0.1, 0.15) is 17.2 Å². The van der Waals surface area contributed by atoms with E-state index >= 15 is 0 Å². The molecule has 3 rings (SSSR count). The van der Waals surface area contributed by atoms with E-state index in [0.717, 1.165) is 36.6 Å². The van der Waals surface area contributed by atoms with E-state index < -0.39 is 0 Å². The van der Waals surface area contributed by atoms with Crippen LogP contribution in [0.15, 0.2) is 24.5 Å². The Hall–Kier alpha value is -1.38. The highest BCUT2D eigenvalue weighted by Gasteiger charge is 2.24. The Morgan fingerprint density at radius 3 is 3.04 bits per heavy atom. The van der Waals surface area contributed by atoms with Crippen molar-refractivity contribution in [3.63, 3.8) is 0 Å². The molecular formula is C15H20N4O2S2. The van der Waals surface area contributed by atoms with Crippen molar-refractivity contribution < 1.29 is 9.53 Å². The minimum atomic E-state index is -0.229. The Morgan fingerprint density at radius 1 is 1.52 bits per heavy atom. The van der Waals surface area contributed by atoms with E-state index in [0.29, 0.717) is 5.13 Å². The molecule has 1 aliphatic heterocycles. The van der Waals surface area contributed by atoms with Crippen LogP contribution in [-0.4, -0.2) is 39.3 Å². The Bertz CT molecular complexity index is 623. The average molecular weight is 352 g/mol. The first kappa shape index (κ1) is 16.5. The lowest BCUT2D eigenvalue weighted by Crippen LogP contribution is -2.25. The van der Waals surface area contributed by atoms with Crippen molar-refractivity contribution >= 4 is 34.1 Å². The van der Waals surface area contributed by atoms with Crippen LogP contribution in [0.2, 0.25) is 0 Å². The van der Waals surface area contributed by atoms with E-state index in [1.807, 2.05) is 35.3 Å². The quantitative estimate of drug-likeness (QED) is 0.829. The zero-order valence-electron chi connectivity index (χ0n) is 13.0. The summed E-state index contributed by atoms with van der Waals surface area (Å²) in [6.07, 6.45) is 8.72. The molecule has 2 aromatic rings. The Kier molecular flexibility index (Phi) is 5.69. The minimum Gasteiger partial charge on any atom is -0.371 e. The monoisotopic (exact) mass is 352 g/mol. The molecule has 2 atom stereocenters. The number of aromatic nitrogens is 3. The predicted octanol–water partition coefficient (Wildman–Crippen LogP) is 3.12. The second kappa shape index (κ2) is 7.94. The highest BCUT2D eigenvalue weighted by molar-refractivity contribution is 7.98. The lowest BCUT2D eigenvalue weighted by molar-refractivity contribution is -0.119. The summed E-state index contributed by atoms with van der Waals surface area (Å²) in [5.74, 6) is 0.873. The van der Waals surface area contributed by atoms with Crippen molar-refractivity contribution in [2.45, 2.75) is 31.4 Å². The van der Waals surface area contributed by atoms with E-state index in [9.17, 15) is 4.79 Å². The smallest absolute Gasteiger partial charge is 0.249 e. The summed E-state index contributed by atoms with van der Waals surface area (Å²) >= 11 is 3.14. The molecular weight excluding hydrogens is 332 g/mol. The average Bonchev–Trinajstić information content (AvgIpc) is 3.30. The number of ether oxygens (including phenoxy) is 1. The topological polar surface area (TPSA) is 69.0 Å². The molecule has 1 amide bonds. The van der Waals surface area contributed by atoms with Crippen molar-refractivity contribution in [2.75, 3.05) is 23.9 Å². The van der Waals surface area contributed by atoms with Gasteiger partial charge in [0, 0.05) is 19.0 Å². The van der Waals surface area contributed by atoms with E-state index in [-0.39, 0.29) is 18.1 Å². The molecule has 0 spiro atoms. The molecule has 6 nitrogen and oxygen atoms in total. The molecule has 0 radical (unpaired) electrons. The number of amides is 1. The fraction of sp³-hybridized carbons (Fsp3) is 0.533. The molecule has 1 N–H and O–H groups in total. The Balaban J connectivity index is 1.66. The largest absolute Gasteiger partial charge is 0.371 e. The summed E-state index contributed by atoms with van der Waals surface area (Å²) in [4.78, 5) is 12.6. The first-order valence-electron chi connectivity index (χ1n) is 7.65. The molecule has 0 saturated carbocycles. The van der Waals surface area contributed by atoms with Gasteiger partial charge >= 0.3 is 0 Å². The second-order valence-corrected chi connectivity index (χ2v) is 7.36. The summed E-state index contributed by atoms with van der Waals surface area (Å²) in [6.45, 7) is 0.774. The molecule has 0 aliphatic carbocycles. The normalized spacial score (nSPS) is 18.9. The summed E-state index contributed by atoms with van der Waals surface area (Å²) < 4.78 is 7.54. The third-order valence-corrected chi connectivity index (χ3v) is 5.34. The summed E-state index contributed by atoms with van der Waals surface area (Å²) in [7, 11) is 0. The van der Waals surface area contributed by atoms with Gasteiger partial charge in [-0.15, -0.1) is 10.2 Å². The van der Waals surface area contributed by atoms with Crippen LogP contribution >= 0.6 is 23.1 Å². The summed E-state index contributed by atoms with van der Waals surface area (Å²) in [6, 6.07) is 3.63. The zero-order chi connectivity index (χ0) is 16.1. The second-order valence-electron chi connectivity index (χ2n) is 5.36. The number of carbonyl (C=O) groups is 1. The van der Waals surface area contributed by atoms with E-state index in [1.54, 1.807) is 11.8 Å². The molecule has 3 heterocycles. The number of hydrogen-bond acceptors (Lipinski definition) is 6. The number of carbonyl (C=O) groups excluding carboxylic acids is 1. The van der Waals surface area contributed by atoms with Crippen LogP contribution in [-0.2, 0) is 9.53 Å². The van der Waals surface area contributed by atoms with Gasteiger partial charge in [-0.25, -0.2) is 0 Å². The number of anilines is 1. The molecule has 0 aromatic carbocycles. The van der Waals surface area contributed by atoms with Gasteiger partial charge in [0.2, 0.25) is 11.0 Å². The summed E-state index contributed by atoms with van der Waals surface area (Å²) in [5.41, 5.74) is 0. The van der Waals surface area contributed by atoms with Gasteiger partial charge in [-0.05, 0) is 43.4 Å². The van der Waals surface area contributed by atoms with Gasteiger partial charge in [-0.3, -0.25) is 10.1 Å². The van der Waals surface area contributed by atoms with Gasteiger partial charge in [0.05, 0.1) is 0 Å². The van der Waals surface area contributed by atoms with Gasteiger partial charge < -0.3 is 9.30 Å². The SMILES string of the molecule is CSCC[C@H](C(=O)Nc1nnc(C2CCCO2)s1)n1cccc1. The summed E-state index contributed by atoms with van der Waals surface area (Å²) in [5, 5.41) is 12.5. The highest BCUT2D eigenvalue weighted by Crippen LogP contribution is 2.32. The fourth-order valence-corrected chi connectivity index (χ4v) is 3.87. The molecule has 2 aromatic heterocycles. The van der Waals surface area contributed by atoms with Crippen LogP contribution in [0.4, 0.5) is 5.13 Å². The zero-order valence-corrected chi connectivity index (χ0v) is 14.6. The third kappa shape index (κ3) is 4.13. The van der Waals surface area contributed by atoms with E-state index in [2.05, 4.69) is 15.5 Å². The molecule has 1 fully saturated rings. The molecule has 8 heteroatoms. The van der Waals surface area contributed by atoms with Crippen molar-refractivity contribution in [3.8, 4) is 0 Å². The van der Waals surface area contributed by atoms with Crippen molar-refractivity contribution in [2.24, 2.45) is 0 Å². The maximum atomic E-state index is 12.6. The highest BCUT2D eigenvalue weighted by atomic mass is 32.2. The van der Waals surface area contributed by atoms with Crippen molar-refractivity contribution in [3.05, 3.63) is 29.5 Å². The van der Waals surface area contributed by atoms with Gasteiger partial charge in [0.25, 0.3) is 0 Å². The van der Waals surface area contributed by atoms with Gasteiger partial charge in [-0.1, -0.05) is 11.3 Å². The van der Waals surface area contributed by atoms with Gasteiger partial charge in [0.15, 0.2) is 0 Å². The maximum Gasteiger partial charge on any atom is 0.249 e. The molecule has 124 valence electrons. The van der Waals surface area contributed by atoms with Crippen LogP contribution in [0.5, 0.6) is 0 Å². The number of thioether (sulfide) groups is 1. The molecule has 0 bridgehead atoms. The van der Waals surface area contributed by atoms with Gasteiger partial charge in [-0.2, -0.15) is 11.8 Å². The molecule has 1 unspecified atom stereocenters. The minimum absolute atomic E-state index is 0.0369. The van der Waals surface area contributed by atoms with Crippen LogP contribution in [0.3, 0.4) is 0 Å². The third-order valence-electron chi connectivity index (χ3n) is 3.76. The molecule has 23 heavy (non-hydrogen) atoms. The van der Waals surface area contributed by atoms with Crippen molar-refractivity contribution in [1.82, 2.24) is 14.8 Å². The molecule has 1 aliphatic rings. The van der Waals surface area contributed by atoms with Crippen LogP contribution in [0, 0.1) is 0 Å². The van der Waals surface area contributed by atoms with Crippen molar-refractivity contribution in [1.29, 1.82) is 0 Å². The predicted molar refractivity (Wildman–Crippen MR) is 92.9 cm³/mol.